The second-order valence-corrected chi connectivity index (χ2v) is 6.70. The van der Waals surface area contributed by atoms with E-state index in [1.165, 1.54) is 0 Å². The number of aryl methyl sites for hydroxylation is 1. The van der Waals surface area contributed by atoms with Crippen LogP contribution in [0.15, 0.2) is 78.9 Å². The van der Waals surface area contributed by atoms with Crippen molar-refractivity contribution in [2.75, 3.05) is 17.7 Å². The Hall–Kier alpha value is -3.86. The number of pyridine rings is 1. The zero-order chi connectivity index (χ0) is 20.2. The van der Waals surface area contributed by atoms with Gasteiger partial charge in [0, 0.05) is 28.4 Å². The number of nitrogens with one attached hydrogen (secondary N) is 2. The highest BCUT2D eigenvalue weighted by atomic mass is 16.5. The van der Waals surface area contributed by atoms with Crippen LogP contribution in [-0.4, -0.2) is 18.1 Å². The number of ether oxygens (including phenoxy) is 1. The van der Waals surface area contributed by atoms with Gasteiger partial charge >= 0.3 is 6.03 Å². The summed E-state index contributed by atoms with van der Waals surface area (Å²) in [5.74, 6) is 0.705. The number of fused-ring (bicyclic) bond motifs is 1. The van der Waals surface area contributed by atoms with Crippen LogP contribution >= 0.6 is 0 Å². The second kappa shape index (κ2) is 8.02. The quantitative estimate of drug-likeness (QED) is 0.464. The molecule has 4 aromatic rings. The van der Waals surface area contributed by atoms with E-state index in [9.17, 15) is 4.79 Å². The summed E-state index contributed by atoms with van der Waals surface area (Å²) in [5, 5.41) is 6.58. The molecular weight excluding hydrogens is 362 g/mol. The molecule has 0 spiro atoms. The topological polar surface area (TPSA) is 63.2 Å². The minimum Gasteiger partial charge on any atom is -0.496 e. The van der Waals surface area contributed by atoms with Gasteiger partial charge in [-0.15, -0.1) is 0 Å². The van der Waals surface area contributed by atoms with Gasteiger partial charge in [0.1, 0.15) is 5.75 Å². The Balaban J connectivity index is 1.62. The standard InChI is InChI=1S/C24H21N3O2/c1-16-8-6-7-11-20(16)27-24(28)25-18-12-13-21-19(14-18)23(29-2)15-22(26-21)17-9-4-3-5-10-17/h3-15H,1-2H3,(H2,25,27,28). The maximum Gasteiger partial charge on any atom is 0.323 e. The normalized spacial score (nSPS) is 10.6. The second-order valence-electron chi connectivity index (χ2n) is 6.70. The number of carbonyl (C=O) groups excluding carboxylic acids is 1. The minimum atomic E-state index is -0.300. The van der Waals surface area contributed by atoms with Gasteiger partial charge in [-0.25, -0.2) is 9.78 Å². The lowest BCUT2D eigenvalue weighted by atomic mass is 10.1. The zero-order valence-electron chi connectivity index (χ0n) is 16.3. The number of aromatic nitrogens is 1. The number of rotatable bonds is 4. The Kier molecular flexibility index (Phi) is 5.12. The van der Waals surface area contributed by atoms with Crippen LogP contribution in [0.4, 0.5) is 16.2 Å². The summed E-state index contributed by atoms with van der Waals surface area (Å²) in [5.41, 5.74) is 5.10. The fourth-order valence-corrected chi connectivity index (χ4v) is 3.20. The van der Waals surface area contributed by atoms with Gasteiger partial charge in [-0.1, -0.05) is 48.5 Å². The van der Waals surface area contributed by atoms with E-state index in [4.69, 9.17) is 9.72 Å². The predicted octanol–water partition coefficient (Wildman–Crippen LogP) is 5.86. The Labute approximate surface area is 169 Å². The molecule has 0 atom stereocenters. The predicted molar refractivity (Wildman–Crippen MR) is 118 cm³/mol. The fraction of sp³-hybridized carbons (Fsp3) is 0.0833. The summed E-state index contributed by atoms with van der Waals surface area (Å²) in [6.07, 6.45) is 0. The highest BCUT2D eigenvalue weighted by Gasteiger charge is 2.10. The first-order valence-corrected chi connectivity index (χ1v) is 9.32. The van der Waals surface area contributed by atoms with E-state index in [0.717, 1.165) is 33.4 Å². The number of para-hydroxylation sites is 1. The van der Waals surface area contributed by atoms with Crippen LogP contribution in [-0.2, 0) is 0 Å². The Morgan fingerprint density at radius 2 is 1.66 bits per heavy atom. The van der Waals surface area contributed by atoms with Crippen molar-refractivity contribution in [3.8, 4) is 17.0 Å². The number of methoxy groups -OCH3 is 1. The number of urea groups is 1. The molecule has 0 fully saturated rings. The van der Waals surface area contributed by atoms with Crippen molar-refractivity contribution in [1.82, 2.24) is 4.98 Å². The molecule has 0 saturated heterocycles. The molecule has 144 valence electrons. The summed E-state index contributed by atoms with van der Waals surface area (Å²) in [6, 6.07) is 24.8. The van der Waals surface area contributed by atoms with Crippen molar-refractivity contribution in [2.24, 2.45) is 0 Å². The van der Waals surface area contributed by atoms with Crippen LogP contribution in [0.1, 0.15) is 5.56 Å². The highest BCUT2D eigenvalue weighted by Crippen LogP contribution is 2.31. The molecule has 2 N–H and O–H groups in total. The van der Waals surface area contributed by atoms with Gasteiger partial charge in [0.05, 0.1) is 18.3 Å². The fourth-order valence-electron chi connectivity index (χ4n) is 3.20. The number of benzene rings is 3. The Morgan fingerprint density at radius 3 is 2.41 bits per heavy atom. The third-order valence-electron chi connectivity index (χ3n) is 4.71. The lowest BCUT2D eigenvalue weighted by molar-refractivity contribution is 0.262. The van der Waals surface area contributed by atoms with E-state index in [0.29, 0.717) is 11.4 Å². The molecule has 29 heavy (non-hydrogen) atoms. The van der Waals surface area contributed by atoms with Crippen LogP contribution in [0.25, 0.3) is 22.2 Å². The van der Waals surface area contributed by atoms with Crippen molar-refractivity contribution >= 4 is 28.3 Å². The van der Waals surface area contributed by atoms with Crippen molar-refractivity contribution in [2.45, 2.75) is 6.92 Å². The van der Waals surface area contributed by atoms with Crippen LogP contribution in [0.5, 0.6) is 5.75 Å². The molecule has 2 amide bonds. The lowest BCUT2D eigenvalue weighted by Gasteiger charge is -2.12. The molecule has 0 bridgehead atoms. The monoisotopic (exact) mass is 383 g/mol. The average molecular weight is 383 g/mol. The molecule has 0 aliphatic rings. The van der Waals surface area contributed by atoms with E-state index in [1.54, 1.807) is 7.11 Å². The number of amides is 2. The van der Waals surface area contributed by atoms with Gasteiger partial charge < -0.3 is 15.4 Å². The molecule has 5 heteroatoms. The minimum absolute atomic E-state index is 0.300. The first-order valence-electron chi connectivity index (χ1n) is 9.32. The van der Waals surface area contributed by atoms with Crippen LogP contribution < -0.4 is 15.4 Å². The maximum atomic E-state index is 12.4. The molecule has 0 aliphatic carbocycles. The van der Waals surface area contributed by atoms with Gasteiger partial charge in [0.15, 0.2) is 0 Å². The Morgan fingerprint density at radius 1 is 0.897 bits per heavy atom. The van der Waals surface area contributed by atoms with Gasteiger partial charge in [0.25, 0.3) is 0 Å². The van der Waals surface area contributed by atoms with E-state index in [1.807, 2.05) is 85.8 Å². The lowest BCUT2D eigenvalue weighted by Crippen LogP contribution is -2.19. The maximum absolute atomic E-state index is 12.4. The van der Waals surface area contributed by atoms with Gasteiger partial charge in [0.2, 0.25) is 0 Å². The SMILES string of the molecule is COc1cc(-c2ccccc2)nc2ccc(NC(=O)Nc3ccccc3C)cc12. The molecule has 0 radical (unpaired) electrons. The number of carbonyl (C=O) groups is 1. The van der Waals surface area contributed by atoms with E-state index < -0.39 is 0 Å². The molecule has 0 unspecified atom stereocenters. The highest BCUT2D eigenvalue weighted by molar-refractivity contribution is 6.02. The smallest absolute Gasteiger partial charge is 0.323 e. The van der Waals surface area contributed by atoms with Gasteiger partial charge in [-0.05, 0) is 36.8 Å². The molecular formula is C24H21N3O2. The molecule has 5 nitrogen and oxygen atoms in total. The van der Waals surface area contributed by atoms with Crippen LogP contribution in [0.2, 0.25) is 0 Å². The largest absolute Gasteiger partial charge is 0.496 e. The van der Waals surface area contributed by atoms with Gasteiger partial charge in [-0.3, -0.25) is 0 Å². The first kappa shape index (κ1) is 18.5. The summed E-state index contributed by atoms with van der Waals surface area (Å²) in [6.45, 7) is 1.95. The van der Waals surface area contributed by atoms with E-state index in [-0.39, 0.29) is 6.03 Å². The number of anilines is 2. The van der Waals surface area contributed by atoms with Crippen molar-refractivity contribution < 1.29 is 9.53 Å². The van der Waals surface area contributed by atoms with Crippen LogP contribution in [0, 0.1) is 6.92 Å². The summed E-state index contributed by atoms with van der Waals surface area (Å²) in [7, 11) is 1.63. The first-order chi connectivity index (χ1) is 14.1. The molecule has 3 aromatic carbocycles. The number of hydrogen-bond acceptors (Lipinski definition) is 3. The third-order valence-corrected chi connectivity index (χ3v) is 4.71. The number of hydrogen-bond donors (Lipinski definition) is 2. The van der Waals surface area contributed by atoms with Crippen molar-refractivity contribution in [3.05, 3.63) is 84.4 Å². The van der Waals surface area contributed by atoms with Gasteiger partial charge in [-0.2, -0.15) is 0 Å². The Bertz CT molecular complexity index is 1170. The van der Waals surface area contributed by atoms with E-state index in [2.05, 4.69) is 10.6 Å². The average Bonchev–Trinajstić information content (AvgIpc) is 2.75. The molecule has 0 aliphatic heterocycles. The van der Waals surface area contributed by atoms with Crippen molar-refractivity contribution in [1.29, 1.82) is 0 Å². The third kappa shape index (κ3) is 4.04. The number of nitrogens with zero attached hydrogens (tertiary/aromatic N) is 1. The molecule has 0 saturated carbocycles. The zero-order valence-corrected chi connectivity index (χ0v) is 16.3. The van der Waals surface area contributed by atoms with Crippen LogP contribution in [0.3, 0.4) is 0 Å². The molecule has 1 aromatic heterocycles. The van der Waals surface area contributed by atoms with E-state index >= 15 is 0 Å². The van der Waals surface area contributed by atoms with Crippen molar-refractivity contribution in [3.63, 3.8) is 0 Å². The summed E-state index contributed by atoms with van der Waals surface area (Å²) >= 11 is 0. The summed E-state index contributed by atoms with van der Waals surface area (Å²) < 4.78 is 5.59. The molecule has 1 heterocycles. The molecule has 4 rings (SSSR count). The summed E-state index contributed by atoms with van der Waals surface area (Å²) in [4.78, 5) is 17.1.